The molecule has 114 valence electrons. The smallest absolute Gasteiger partial charge is 0.329 e. The van der Waals surface area contributed by atoms with Gasteiger partial charge in [-0.2, -0.15) is 0 Å². The maximum atomic E-state index is 12.2. The summed E-state index contributed by atoms with van der Waals surface area (Å²) in [4.78, 5) is 24.5. The van der Waals surface area contributed by atoms with E-state index in [1.54, 1.807) is 12.1 Å². The zero-order valence-corrected chi connectivity index (χ0v) is 12.5. The van der Waals surface area contributed by atoms with Gasteiger partial charge in [-0.05, 0) is 45.7 Å². The summed E-state index contributed by atoms with van der Waals surface area (Å²) < 4.78 is 5.45. The molecule has 0 spiro atoms. The molecule has 0 saturated carbocycles. The molecule has 6 nitrogen and oxygen atoms in total. The highest BCUT2D eigenvalue weighted by Gasteiger charge is 2.34. The van der Waals surface area contributed by atoms with E-state index < -0.39 is 10.5 Å². The SMILES string of the molecule is CC(C)(C)OC(=O)C1CCCN1c1ccc([N+](=O)[O-])cc1. The molecule has 0 bridgehead atoms. The molecule has 0 aliphatic carbocycles. The third-order valence-electron chi connectivity index (χ3n) is 3.32. The topological polar surface area (TPSA) is 72.7 Å². The lowest BCUT2D eigenvalue weighted by atomic mass is 10.1. The molecule has 1 fully saturated rings. The average molecular weight is 292 g/mol. The van der Waals surface area contributed by atoms with E-state index in [-0.39, 0.29) is 17.7 Å². The van der Waals surface area contributed by atoms with Crippen LogP contribution in [0.2, 0.25) is 0 Å². The number of carbonyl (C=O) groups excluding carboxylic acids is 1. The third kappa shape index (κ3) is 3.71. The van der Waals surface area contributed by atoms with Crippen molar-refractivity contribution < 1.29 is 14.5 Å². The first-order valence-corrected chi connectivity index (χ1v) is 7.02. The summed E-state index contributed by atoms with van der Waals surface area (Å²) >= 11 is 0. The van der Waals surface area contributed by atoms with Crippen molar-refractivity contribution in [2.24, 2.45) is 0 Å². The van der Waals surface area contributed by atoms with E-state index in [4.69, 9.17) is 4.74 Å². The number of hydrogen-bond donors (Lipinski definition) is 0. The van der Waals surface area contributed by atoms with Crippen molar-refractivity contribution in [1.82, 2.24) is 0 Å². The fourth-order valence-corrected chi connectivity index (χ4v) is 2.46. The van der Waals surface area contributed by atoms with Gasteiger partial charge in [0.2, 0.25) is 0 Å². The molecule has 1 aliphatic heterocycles. The first kappa shape index (κ1) is 15.3. The summed E-state index contributed by atoms with van der Waals surface area (Å²) in [7, 11) is 0. The molecule has 21 heavy (non-hydrogen) atoms. The lowest BCUT2D eigenvalue weighted by molar-refractivity contribution is -0.384. The predicted molar refractivity (Wildman–Crippen MR) is 79.3 cm³/mol. The number of non-ortho nitro benzene ring substituents is 1. The van der Waals surface area contributed by atoms with Crippen LogP contribution in [0.5, 0.6) is 0 Å². The number of nitrogens with zero attached hydrogens (tertiary/aromatic N) is 2. The van der Waals surface area contributed by atoms with E-state index in [9.17, 15) is 14.9 Å². The Labute approximate surface area is 123 Å². The van der Waals surface area contributed by atoms with Crippen LogP contribution in [-0.2, 0) is 9.53 Å². The van der Waals surface area contributed by atoms with Gasteiger partial charge >= 0.3 is 5.97 Å². The van der Waals surface area contributed by atoms with Crippen molar-refractivity contribution in [3.05, 3.63) is 34.4 Å². The molecule has 0 aromatic heterocycles. The van der Waals surface area contributed by atoms with Gasteiger partial charge in [0, 0.05) is 24.4 Å². The van der Waals surface area contributed by atoms with Gasteiger partial charge < -0.3 is 9.64 Å². The zero-order valence-electron chi connectivity index (χ0n) is 12.5. The molecular formula is C15H20N2O4. The Morgan fingerprint density at radius 1 is 1.33 bits per heavy atom. The molecule has 1 aromatic carbocycles. The number of hydrogen-bond acceptors (Lipinski definition) is 5. The average Bonchev–Trinajstić information content (AvgIpc) is 2.86. The Balaban J connectivity index is 2.14. The maximum Gasteiger partial charge on any atom is 0.329 e. The van der Waals surface area contributed by atoms with Gasteiger partial charge in [0.05, 0.1) is 4.92 Å². The van der Waals surface area contributed by atoms with Gasteiger partial charge in [-0.25, -0.2) is 4.79 Å². The number of esters is 1. The zero-order chi connectivity index (χ0) is 15.6. The van der Waals surface area contributed by atoms with E-state index in [2.05, 4.69) is 0 Å². The van der Waals surface area contributed by atoms with E-state index in [0.29, 0.717) is 0 Å². The summed E-state index contributed by atoms with van der Waals surface area (Å²) in [5.41, 5.74) is 0.349. The summed E-state index contributed by atoms with van der Waals surface area (Å²) in [6.07, 6.45) is 1.65. The highest BCUT2D eigenvalue weighted by atomic mass is 16.6. The summed E-state index contributed by atoms with van der Waals surface area (Å²) in [5, 5.41) is 10.7. The van der Waals surface area contributed by atoms with Gasteiger partial charge in [0.1, 0.15) is 11.6 Å². The van der Waals surface area contributed by atoms with Crippen molar-refractivity contribution in [3.63, 3.8) is 0 Å². The van der Waals surface area contributed by atoms with Crippen molar-refractivity contribution in [3.8, 4) is 0 Å². The lowest BCUT2D eigenvalue weighted by Crippen LogP contribution is -2.40. The Bertz CT molecular complexity index is 534. The molecular weight excluding hydrogens is 272 g/mol. The second-order valence-electron chi connectivity index (χ2n) is 6.16. The minimum Gasteiger partial charge on any atom is -0.458 e. The fourth-order valence-electron chi connectivity index (χ4n) is 2.46. The number of carbonyl (C=O) groups is 1. The van der Waals surface area contributed by atoms with Crippen molar-refractivity contribution >= 4 is 17.3 Å². The molecule has 1 saturated heterocycles. The van der Waals surface area contributed by atoms with Crippen LogP contribution in [-0.4, -0.2) is 29.1 Å². The Kier molecular flexibility index (Phi) is 4.16. The number of rotatable bonds is 3. The number of ether oxygens (including phenoxy) is 1. The normalized spacial score (nSPS) is 18.6. The van der Waals surface area contributed by atoms with Gasteiger partial charge in [0.15, 0.2) is 0 Å². The molecule has 0 N–H and O–H groups in total. The van der Waals surface area contributed by atoms with Gasteiger partial charge in [0.25, 0.3) is 5.69 Å². The monoisotopic (exact) mass is 292 g/mol. The Morgan fingerprint density at radius 3 is 2.48 bits per heavy atom. The molecule has 2 rings (SSSR count). The maximum absolute atomic E-state index is 12.2. The highest BCUT2D eigenvalue weighted by molar-refractivity contribution is 5.81. The minimum atomic E-state index is -0.513. The summed E-state index contributed by atoms with van der Waals surface area (Å²) in [5.74, 6) is -0.238. The van der Waals surface area contributed by atoms with Crippen LogP contribution in [0.25, 0.3) is 0 Å². The summed E-state index contributed by atoms with van der Waals surface area (Å²) in [6.45, 7) is 6.28. The second-order valence-corrected chi connectivity index (χ2v) is 6.16. The van der Waals surface area contributed by atoms with E-state index in [0.717, 1.165) is 25.1 Å². The van der Waals surface area contributed by atoms with Crippen LogP contribution in [0.15, 0.2) is 24.3 Å². The van der Waals surface area contributed by atoms with Crippen molar-refractivity contribution in [2.45, 2.75) is 45.3 Å². The fraction of sp³-hybridized carbons (Fsp3) is 0.533. The Morgan fingerprint density at radius 2 is 1.95 bits per heavy atom. The molecule has 6 heteroatoms. The van der Waals surface area contributed by atoms with E-state index in [1.807, 2.05) is 25.7 Å². The predicted octanol–water partition coefficient (Wildman–Crippen LogP) is 2.91. The molecule has 1 heterocycles. The van der Waals surface area contributed by atoms with Crippen LogP contribution in [0.1, 0.15) is 33.6 Å². The van der Waals surface area contributed by atoms with Crippen molar-refractivity contribution in [2.75, 3.05) is 11.4 Å². The molecule has 1 atom stereocenters. The largest absolute Gasteiger partial charge is 0.458 e. The standard InChI is InChI=1S/C15H20N2O4/c1-15(2,3)21-14(18)13-5-4-10-16(13)11-6-8-12(9-7-11)17(19)20/h6-9,13H,4-5,10H2,1-3H3. The first-order chi connectivity index (χ1) is 9.78. The summed E-state index contributed by atoms with van der Waals surface area (Å²) in [6, 6.07) is 5.96. The van der Waals surface area contributed by atoms with E-state index in [1.165, 1.54) is 12.1 Å². The number of nitro benzene ring substituents is 1. The molecule has 1 aromatic rings. The molecule has 0 radical (unpaired) electrons. The van der Waals surface area contributed by atoms with Crippen LogP contribution in [0.3, 0.4) is 0 Å². The minimum absolute atomic E-state index is 0.0479. The van der Waals surface area contributed by atoms with Crippen LogP contribution in [0, 0.1) is 10.1 Å². The highest BCUT2D eigenvalue weighted by Crippen LogP contribution is 2.28. The van der Waals surface area contributed by atoms with Crippen LogP contribution < -0.4 is 4.90 Å². The number of nitro groups is 1. The van der Waals surface area contributed by atoms with Crippen molar-refractivity contribution in [1.29, 1.82) is 0 Å². The van der Waals surface area contributed by atoms with Gasteiger partial charge in [-0.15, -0.1) is 0 Å². The third-order valence-corrected chi connectivity index (χ3v) is 3.32. The first-order valence-electron chi connectivity index (χ1n) is 7.02. The second kappa shape index (κ2) is 5.71. The van der Waals surface area contributed by atoms with Crippen LogP contribution >= 0.6 is 0 Å². The quantitative estimate of drug-likeness (QED) is 0.486. The van der Waals surface area contributed by atoms with Crippen LogP contribution in [0.4, 0.5) is 11.4 Å². The van der Waals surface area contributed by atoms with E-state index >= 15 is 0 Å². The number of benzene rings is 1. The molecule has 1 unspecified atom stereocenters. The van der Waals surface area contributed by atoms with Gasteiger partial charge in [-0.3, -0.25) is 10.1 Å². The molecule has 0 amide bonds. The lowest BCUT2D eigenvalue weighted by Gasteiger charge is -2.28. The number of anilines is 1. The Hall–Kier alpha value is -2.11. The van der Waals surface area contributed by atoms with Gasteiger partial charge in [-0.1, -0.05) is 0 Å². The molecule has 1 aliphatic rings.